The van der Waals surface area contributed by atoms with Crippen LogP contribution in [0.15, 0.2) is 0 Å². The molecule has 2 fully saturated rings. The van der Waals surface area contributed by atoms with E-state index in [2.05, 4.69) is 15.4 Å². The minimum Gasteiger partial charge on any atom is -0.469 e. The summed E-state index contributed by atoms with van der Waals surface area (Å²) in [6.07, 6.45) is 7.26. The Hall–Kier alpha value is -2.12. The third-order valence-electron chi connectivity index (χ3n) is 5.66. The maximum Gasteiger partial charge on any atom is 0.325 e. The molecule has 1 saturated carbocycles. The van der Waals surface area contributed by atoms with Crippen LogP contribution >= 0.6 is 0 Å². The van der Waals surface area contributed by atoms with Gasteiger partial charge in [-0.15, -0.1) is 0 Å². The third-order valence-corrected chi connectivity index (χ3v) is 5.66. The summed E-state index contributed by atoms with van der Waals surface area (Å²) in [5, 5.41) is 5.61. The molecular weight excluding hydrogens is 350 g/mol. The summed E-state index contributed by atoms with van der Waals surface area (Å²) in [5.41, 5.74) is -0.824. The number of nitrogens with zero attached hydrogens (tertiary/aromatic N) is 1. The van der Waals surface area contributed by atoms with Crippen molar-refractivity contribution >= 4 is 23.8 Å². The second kappa shape index (κ2) is 9.71. The lowest BCUT2D eigenvalue weighted by Crippen LogP contribution is -2.54. The Morgan fingerprint density at radius 1 is 1.22 bits per heavy atom. The first-order valence-electron chi connectivity index (χ1n) is 9.88. The minimum atomic E-state index is -0.824. The number of methoxy groups -OCH3 is 1. The summed E-state index contributed by atoms with van der Waals surface area (Å²) in [6, 6.07) is -0.466. The molecule has 1 aliphatic carbocycles. The third kappa shape index (κ3) is 5.20. The largest absolute Gasteiger partial charge is 0.469 e. The Balaban J connectivity index is 1.69. The molecule has 8 nitrogen and oxygen atoms in total. The quantitative estimate of drug-likeness (QED) is 0.359. The molecule has 152 valence electrons. The Bertz CT molecular complexity index is 580. The van der Waals surface area contributed by atoms with Crippen LogP contribution in [0.3, 0.4) is 0 Å². The summed E-state index contributed by atoms with van der Waals surface area (Å²) in [6.45, 7) is 2.24. The second-order valence-corrected chi connectivity index (χ2v) is 7.53. The zero-order valence-corrected chi connectivity index (χ0v) is 16.3. The van der Waals surface area contributed by atoms with Crippen LogP contribution in [0.5, 0.6) is 0 Å². The van der Waals surface area contributed by atoms with Crippen molar-refractivity contribution in [3.05, 3.63) is 0 Å². The van der Waals surface area contributed by atoms with Crippen molar-refractivity contribution in [3.63, 3.8) is 0 Å². The molecule has 2 unspecified atom stereocenters. The van der Waals surface area contributed by atoms with Gasteiger partial charge in [-0.3, -0.25) is 19.3 Å². The van der Waals surface area contributed by atoms with Gasteiger partial charge >= 0.3 is 12.0 Å². The molecule has 1 heterocycles. The summed E-state index contributed by atoms with van der Waals surface area (Å²) in [5.74, 6) is -0.714. The first-order chi connectivity index (χ1) is 12.9. The molecule has 0 aromatic carbocycles. The fourth-order valence-corrected chi connectivity index (χ4v) is 3.92. The number of carbonyl (C=O) groups is 4. The van der Waals surface area contributed by atoms with Crippen molar-refractivity contribution in [2.75, 3.05) is 20.2 Å². The van der Waals surface area contributed by atoms with Crippen molar-refractivity contribution in [3.8, 4) is 0 Å². The molecule has 0 radical (unpaired) electrons. The Morgan fingerprint density at radius 2 is 1.96 bits per heavy atom. The van der Waals surface area contributed by atoms with Gasteiger partial charge in [-0.25, -0.2) is 4.79 Å². The van der Waals surface area contributed by atoms with Gasteiger partial charge in [0.05, 0.1) is 7.11 Å². The summed E-state index contributed by atoms with van der Waals surface area (Å²) >= 11 is 0. The van der Waals surface area contributed by atoms with E-state index in [4.69, 9.17) is 0 Å². The molecule has 0 bridgehead atoms. The van der Waals surface area contributed by atoms with Gasteiger partial charge in [0.1, 0.15) is 12.1 Å². The highest BCUT2D eigenvalue weighted by molar-refractivity contribution is 6.09. The van der Waals surface area contributed by atoms with Crippen molar-refractivity contribution < 1.29 is 23.9 Å². The molecule has 1 aliphatic heterocycles. The molecule has 2 aliphatic rings. The highest BCUT2D eigenvalue weighted by Gasteiger charge is 2.55. The van der Waals surface area contributed by atoms with Crippen LogP contribution in [0.4, 0.5) is 4.79 Å². The molecule has 27 heavy (non-hydrogen) atoms. The van der Waals surface area contributed by atoms with Crippen molar-refractivity contribution in [2.24, 2.45) is 5.92 Å². The number of hydrogen-bond acceptors (Lipinski definition) is 5. The number of carbonyl (C=O) groups excluding carboxylic acids is 4. The van der Waals surface area contributed by atoms with E-state index in [0.29, 0.717) is 19.4 Å². The smallest absolute Gasteiger partial charge is 0.325 e. The van der Waals surface area contributed by atoms with Gasteiger partial charge in [0.15, 0.2) is 0 Å². The van der Waals surface area contributed by atoms with E-state index >= 15 is 0 Å². The van der Waals surface area contributed by atoms with E-state index in [0.717, 1.165) is 49.8 Å². The fourth-order valence-electron chi connectivity index (χ4n) is 3.92. The number of amides is 4. The van der Waals surface area contributed by atoms with Crippen LogP contribution in [0.2, 0.25) is 0 Å². The number of imide groups is 1. The van der Waals surface area contributed by atoms with Crippen LogP contribution in [0.1, 0.15) is 64.7 Å². The SMILES string of the molecule is COC(=O)CCCCCCNC(=O)CN1C(=O)NC2(CCCCC2C)C1=O. The number of esters is 1. The van der Waals surface area contributed by atoms with E-state index in [-0.39, 0.29) is 30.2 Å². The van der Waals surface area contributed by atoms with E-state index in [1.54, 1.807) is 0 Å². The summed E-state index contributed by atoms with van der Waals surface area (Å²) in [4.78, 5) is 49.2. The number of urea groups is 1. The van der Waals surface area contributed by atoms with Crippen molar-refractivity contribution in [2.45, 2.75) is 70.3 Å². The predicted molar refractivity (Wildman–Crippen MR) is 98.7 cm³/mol. The van der Waals surface area contributed by atoms with Crippen LogP contribution in [-0.2, 0) is 19.1 Å². The fraction of sp³-hybridized carbons (Fsp3) is 0.789. The van der Waals surface area contributed by atoms with Gasteiger partial charge in [0.2, 0.25) is 5.91 Å². The highest BCUT2D eigenvalue weighted by Crippen LogP contribution is 2.38. The van der Waals surface area contributed by atoms with Gasteiger partial charge in [0.25, 0.3) is 5.91 Å². The van der Waals surface area contributed by atoms with Crippen LogP contribution < -0.4 is 10.6 Å². The predicted octanol–water partition coefficient (Wildman–Crippen LogP) is 1.73. The standard InChI is InChI=1S/C19H31N3O5/c1-14-9-6-7-11-19(14)17(25)22(18(26)21-19)13-15(23)20-12-8-4-3-5-10-16(24)27-2/h14H,3-13H2,1-2H3,(H,20,23)(H,21,26). The lowest BCUT2D eigenvalue weighted by atomic mass is 9.73. The van der Waals surface area contributed by atoms with Crippen LogP contribution in [0.25, 0.3) is 0 Å². The van der Waals surface area contributed by atoms with Gasteiger partial charge in [0, 0.05) is 13.0 Å². The van der Waals surface area contributed by atoms with Gasteiger partial charge in [-0.05, 0) is 31.6 Å². The first-order valence-corrected chi connectivity index (χ1v) is 9.88. The molecule has 0 aromatic rings. The minimum absolute atomic E-state index is 0.0840. The van der Waals surface area contributed by atoms with E-state index in [1.807, 2.05) is 6.92 Å². The molecule has 0 aromatic heterocycles. The first kappa shape index (κ1) is 21.2. The average Bonchev–Trinajstić information content (AvgIpc) is 2.88. The molecule has 2 rings (SSSR count). The molecule has 8 heteroatoms. The zero-order chi connectivity index (χ0) is 19.9. The molecule has 2 N–H and O–H groups in total. The van der Waals surface area contributed by atoms with Gasteiger partial charge in [-0.2, -0.15) is 0 Å². The molecule has 2 atom stereocenters. The van der Waals surface area contributed by atoms with Crippen molar-refractivity contribution in [1.29, 1.82) is 0 Å². The van der Waals surface area contributed by atoms with E-state index in [1.165, 1.54) is 7.11 Å². The monoisotopic (exact) mass is 381 g/mol. The maximum absolute atomic E-state index is 12.8. The Labute approximate surface area is 160 Å². The molecule has 1 saturated heterocycles. The number of hydrogen-bond donors (Lipinski definition) is 2. The lowest BCUT2D eigenvalue weighted by Gasteiger charge is -2.36. The molecular formula is C19H31N3O5. The summed E-state index contributed by atoms with van der Waals surface area (Å²) in [7, 11) is 1.37. The maximum atomic E-state index is 12.8. The molecule has 1 spiro atoms. The van der Waals surface area contributed by atoms with Crippen LogP contribution in [-0.4, -0.2) is 54.5 Å². The van der Waals surface area contributed by atoms with Gasteiger partial charge < -0.3 is 15.4 Å². The Morgan fingerprint density at radius 3 is 2.67 bits per heavy atom. The second-order valence-electron chi connectivity index (χ2n) is 7.53. The van der Waals surface area contributed by atoms with Gasteiger partial charge in [-0.1, -0.05) is 32.6 Å². The Kier molecular flexibility index (Phi) is 7.62. The molecule has 4 amide bonds. The summed E-state index contributed by atoms with van der Waals surface area (Å²) < 4.78 is 4.58. The normalized spacial score (nSPS) is 24.8. The van der Waals surface area contributed by atoms with Crippen molar-refractivity contribution in [1.82, 2.24) is 15.5 Å². The zero-order valence-electron chi connectivity index (χ0n) is 16.3. The van der Waals surface area contributed by atoms with E-state index in [9.17, 15) is 19.2 Å². The number of unbranched alkanes of at least 4 members (excludes halogenated alkanes) is 3. The topological polar surface area (TPSA) is 105 Å². The number of nitrogens with one attached hydrogen (secondary N) is 2. The average molecular weight is 381 g/mol. The number of rotatable bonds is 9. The number of ether oxygens (including phenoxy) is 1. The van der Waals surface area contributed by atoms with E-state index < -0.39 is 11.6 Å². The highest BCUT2D eigenvalue weighted by atomic mass is 16.5. The van der Waals surface area contributed by atoms with Crippen LogP contribution in [0, 0.1) is 5.92 Å². The lowest BCUT2D eigenvalue weighted by molar-refractivity contribution is -0.140.